The highest BCUT2D eigenvalue weighted by molar-refractivity contribution is 5.68. The highest BCUT2D eigenvalue weighted by Crippen LogP contribution is 2.24. The fourth-order valence-electron chi connectivity index (χ4n) is 3.23. The molecule has 0 saturated carbocycles. The van der Waals surface area contributed by atoms with Gasteiger partial charge in [-0.3, -0.25) is 0 Å². The van der Waals surface area contributed by atoms with Crippen LogP contribution in [0, 0.1) is 0 Å². The maximum absolute atomic E-state index is 12.1. The summed E-state index contributed by atoms with van der Waals surface area (Å²) in [6.07, 6.45) is -0.745. The third-order valence-corrected chi connectivity index (χ3v) is 4.40. The molecule has 0 aliphatic carbocycles. The normalized spacial score (nSPS) is 23.1. The van der Waals surface area contributed by atoms with Crippen LogP contribution >= 0.6 is 0 Å². The molecule has 0 aromatic heterocycles. The number of piperidine rings is 1. The van der Waals surface area contributed by atoms with Gasteiger partial charge in [-0.15, -0.1) is 0 Å². The largest absolute Gasteiger partial charge is 0.465 e. The molecule has 1 aromatic carbocycles. The molecule has 2 N–H and O–H groups in total. The molecule has 25 heavy (non-hydrogen) atoms. The average Bonchev–Trinajstić information content (AvgIpc) is 2.62. The van der Waals surface area contributed by atoms with Crippen LogP contribution in [0.15, 0.2) is 30.3 Å². The van der Waals surface area contributed by atoms with Gasteiger partial charge in [-0.25, -0.2) is 9.59 Å². The summed E-state index contributed by atoms with van der Waals surface area (Å²) < 4.78 is 11.0. The molecular weight excluding hydrogens is 324 g/mol. The van der Waals surface area contributed by atoms with Crippen molar-refractivity contribution < 1.29 is 24.2 Å². The molecular formula is C18H26N2O5. The lowest BCUT2D eigenvalue weighted by Crippen LogP contribution is -2.61. The van der Waals surface area contributed by atoms with E-state index in [9.17, 15) is 14.7 Å². The van der Waals surface area contributed by atoms with E-state index in [1.807, 2.05) is 44.2 Å². The lowest BCUT2D eigenvalue weighted by atomic mass is 9.92. The number of likely N-dealkylation sites (tertiary alicyclic amines) is 1. The zero-order chi connectivity index (χ0) is 18.2. The van der Waals surface area contributed by atoms with E-state index >= 15 is 0 Å². The number of hydrogen-bond acceptors (Lipinski definition) is 4. The van der Waals surface area contributed by atoms with Crippen LogP contribution in [-0.2, 0) is 16.1 Å². The van der Waals surface area contributed by atoms with Crippen molar-refractivity contribution >= 4 is 12.2 Å². The number of alkyl carbamates (subject to hydrolysis) is 1. The fourth-order valence-corrected chi connectivity index (χ4v) is 3.23. The Morgan fingerprint density at radius 3 is 2.60 bits per heavy atom. The SMILES string of the molecule is CCO[C@@H]1C(CC)N(C(=O)O)CC[C@H]1NC(=O)OCc1ccccc1. The number of carboxylic acid groups (broad SMARTS) is 1. The number of amides is 2. The van der Waals surface area contributed by atoms with Gasteiger partial charge in [-0.1, -0.05) is 37.3 Å². The second-order valence-corrected chi connectivity index (χ2v) is 5.97. The molecule has 138 valence electrons. The smallest absolute Gasteiger partial charge is 0.407 e. The number of carbonyl (C=O) groups excluding carboxylic acids is 1. The van der Waals surface area contributed by atoms with Crippen LogP contribution in [-0.4, -0.2) is 53.5 Å². The summed E-state index contributed by atoms with van der Waals surface area (Å²) in [7, 11) is 0. The molecule has 0 spiro atoms. The molecule has 2 rings (SSSR count). The number of rotatable bonds is 6. The van der Waals surface area contributed by atoms with E-state index in [2.05, 4.69) is 5.32 Å². The van der Waals surface area contributed by atoms with Gasteiger partial charge in [-0.05, 0) is 25.3 Å². The molecule has 7 nitrogen and oxygen atoms in total. The molecule has 0 radical (unpaired) electrons. The Bertz CT molecular complexity index is 566. The van der Waals surface area contributed by atoms with E-state index in [0.29, 0.717) is 26.0 Å². The zero-order valence-electron chi connectivity index (χ0n) is 14.7. The summed E-state index contributed by atoms with van der Waals surface area (Å²) >= 11 is 0. The molecule has 1 fully saturated rings. The third-order valence-electron chi connectivity index (χ3n) is 4.40. The molecule has 0 bridgehead atoms. The lowest BCUT2D eigenvalue weighted by Gasteiger charge is -2.43. The van der Waals surface area contributed by atoms with Crippen LogP contribution in [0.4, 0.5) is 9.59 Å². The third kappa shape index (κ3) is 5.09. The van der Waals surface area contributed by atoms with Crippen molar-refractivity contribution in [1.82, 2.24) is 10.2 Å². The van der Waals surface area contributed by atoms with Gasteiger partial charge in [0.05, 0.1) is 18.2 Å². The summed E-state index contributed by atoms with van der Waals surface area (Å²) in [6.45, 7) is 4.78. The van der Waals surface area contributed by atoms with Gasteiger partial charge in [0.25, 0.3) is 0 Å². The molecule has 1 aromatic rings. The van der Waals surface area contributed by atoms with Gasteiger partial charge in [0.2, 0.25) is 0 Å². The quantitative estimate of drug-likeness (QED) is 0.824. The van der Waals surface area contributed by atoms with Crippen molar-refractivity contribution in [3.63, 3.8) is 0 Å². The van der Waals surface area contributed by atoms with E-state index in [-0.39, 0.29) is 24.8 Å². The minimum absolute atomic E-state index is 0.192. The highest BCUT2D eigenvalue weighted by Gasteiger charge is 2.40. The van der Waals surface area contributed by atoms with Crippen molar-refractivity contribution in [1.29, 1.82) is 0 Å². The predicted octanol–water partition coefficient (Wildman–Crippen LogP) is 2.85. The standard InChI is InChI=1S/C18H26N2O5/c1-3-15-16(24-4-2)14(10-11-20(15)18(22)23)19-17(21)25-12-13-8-6-5-7-9-13/h5-9,14-16H,3-4,10-12H2,1-2H3,(H,19,21)(H,22,23)/t14-,15?,16+/m1/s1. The fraction of sp³-hybridized carbons (Fsp3) is 0.556. The highest BCUT2D eigenvalue weighted by atomic mass is 16.5. The topological polar surface area (TPSA) is 88.1 Å². The first kappa shape index (κ1) is 19.1. The summed E-state index contributed by atoms with van der Waals surface area (Å²) in [4.78, 5) is 24.9. The van der Waals surface area contributed by atoms with Gasteiger partial charge in [-0.2, -0.15) is 0 Å². The van der Waals surface area contributed by atoms with Gasteiger partial charge in [0.15, 0.2) is 0 Å². The number of carbonyl (C=O) groups is 2. The second-order valence-electron chi connectivity index (χ2n) is 5.97. The number of ether oxygens (including phenoxy) is 2. The molecule has 2 amide bonds. The number of benzene rings is 1. The Kier molecular flexibility index (Phi) is 7.06. The Labute approximate surface area is 147 Å². The minimum Gasteiger partial charge on any atom is -0.465 e. The summed E-state index contributed by atoms with van der Waals surface area (Å²) in [6, 6.07) is 8.87. The first-order chi connectivity index (χ1) is 12.1. The Morgan fingerprint density at radius 2 is 2.00 bits per heavy atom. The first-order valence-electron chi connectivity index (χ1n) is 8.65. The van der Waals surface area contributed by atoms with E-state index in [4.69, 9.17) is 9.47 Å². The summed E-state index contributed by atoms with van der Waals surface area (Å²) in [5.74, 6) is 0. The molecule has 1 aliphatic rings. The molecule has 7 heteroatoms. The molecule has 1 heterocycles. The summed E-state index contributed by atoms with van der Waals surface area (Å²) in [5, 5.41) is 12.2. The van der Waals surface area contributed by atoms with E-state index in [1.54, 1.807) is 0 Å². The van der Waals surface area contributed by atoms with Crippen LogP contribution in [0.3, 0.4) is 0 Å². The first-order valence-corrected chi connectivity index (χ1v) is 8.65. The average molecular weight is 350 g/mol. The van der Waals surface area contributed by atoms with Crippen LogP contribution in [0.25, 0.3) is 0 Å². The number of nitrogens with zero attached hydrogens (tertiary/aromatic N) is 1. The van der Waals surface area contributed by atoms with Crippen molar-refractivity contribution in [3.05, 3.63) is 35.9 Å². The van der Waals surface area contributed by atoms with Crippen LogP contribution in [0.1, 0.15) is 32.3 Å². The lowest BCUT2D eigenvalue weighted by molar-refractivity contribution is -0.0508. The van der Waals surface area contributed by atoms with Crippen molar-refractivity contribution in [2.24, 2.45) is 0 Å². The Balaban J connectivity index is 1.96. The summed E-state index contributed by atoms with van der Waals surface area (Å²) in [5.41, 5.74) is 0.908. The Hall–Kier alpha value is -2.28. The second kappa shape index (κ2) is 9.27. The van der Waals surface area contributed by atoms with E-state index < -0.39 is 12.2 Å². The number of nitrogens with one attached hydrogen (secondary N) is 1. The van der Waals surface area contributed by atoms with Crippen molar-refractivity contribution in [2.45, 2.75) is 51.5 Å². The molecule has 1 aliphatic heterocycles. The maximum atomic E-state index is 12.1. The maximum Gasteiger partial charge on any atom is 0.407 e. The van der Waals surface area contributed by atoms with Crippen LogP contribution in [0.2, 0.25) is 0 Å². The molecule has 1 unspecified atom stereocenters. The monoisotopic (exact) mass is 350 g/mol. The molecule has 1 saturated heterocycles. The van der Waals surface area contributed by atoms with Crippen LogP contribution in [0.5, 0.6) is 0 Å². The Morgan fingerprint density at radius 1 is 1.28 bits per heavy atom. The minimum atomic E-state index is -0.957. The van der Waals surface area contributed by atoms with Crippen LogP contribution < -0.4 is 5.32 Å². The molecule has 3 atom stereocenters. The zero-order valence-corrected chi connectivity index (χ0v) is 14.7. The van der Waals surface area contributed by atoms with E-state index in [0.717, 1.165) is 5.56 Å². The van der Waals surface area contributed by atoms with Gasteiger partial charge in [0, 0.05) is 13.2 Å². The van der Waals surface area contributed by atoms with Crippen molar-refractivity contribution in [3.8, 4) is 0 Å². The van der Waals surface area contributed by atoms with Gasteiger partial charge >= 0.3 is 12.2 Å². The van der Waals surface area contributed by atoms with Crippen molar-refractivity contribution in [2.75, 3.05) is 13.2 Å². The van der Waals surface area contributed by atoms with Gasteiger partial charge < -0.3 is 24.8 Å². The number of hydrogen-bond donors (Lipinski definition) is 2. The van der Waals surface area contributed by atoms with Gasteiger partial charge in [0.1, 0.15) is 6.61 Å². The predicted molar refractivity (Wildman–Crippen MR) is 92.4 cm³/mol. The van der Waals surface area contributed by atoms with E-state index in [1.165, 1.54) is 4.90 Å².